The van der Waals surface area contributed by atoms with Crippen LogP contribution in [0.15, 0.2) is 17.4 Å². The number of oxime groups is 1. The van der Waals surface area contributed by atoms with Crippen LogP contribution in [0, 0.1) is 0 Å². The number of rotatable bonds is 3. The highest BCUT2D eigenvalue weighted by Gasteiger charge is 2.29. The van der Waals surface area contributed by atoms with Crippen molar-refractivity contribution >= 4 is 11.7 Å². The minimum absolute atomic E-state index is 0.293. The van der Waals surface area contributed by atoms with Crippen molar-refractivity contribution in [2.24, 2.45) is 5.16 Å². The third-order valence-corrected chi connectivity index (χ3v) is 2.26. The Morgan fingerprint density at radius 3 is 3.20 bits per heavy atom. The lowest BCUT2D eigenvalue weighted by molar-refractivity contribution is -0.148. The molecule has 1 aliphatic heterocycles. The second kappa shape index (κ2) is 3.72. The summed E-state index contributed by atoms with van der Waals surface area (Å²) in [4.78, 5) is 15.4. The fraction of sp³-hybridized carbons (Fsp3) is 0.444. The molecule has 1 aliphatic rings. The Morgan fingerprint density at radius 1 is 1.80 bits per heavy atom. The fourth-order valence-corrected chi connectivity index (χ4v) is 1.49. The van der Waals surface area contributed by atoms with Gasteiger partial charge in [-0.05, 0) is 13.0 Å². The molecule has 6 heteroatoms. The predicted octanol–water partition coefficient (Wildman–Crippen LogP) is 0.481. The second-order valence-corrected chi connectivity index (χ2v) is 3.21. The van der Waals surface area contributed by atoms with Crippen molar-refractivity contribution in [1.82, 2.24) is 9.78 Å². The average molecular weight is 209 g/mol. The van der Waals surface area contributed by atoms with E-state index in [0.717, 1.165) is 12.2 Å². The molecule has 15 heavy (non-hydrogen) atoms. The highest BCUT2D eigenvalue weighted by molar-refractivity contribution is 6.02. The van der Waals surface area contributed by atoms with Crippen molar-refractivity contribution < 1.29 is 14.7 Å². The molecule has 1 aromatic rings. The number of nitrogens with zero attached hydrogens (tertiary/aromatic N) is 3. The van der Waals surface area contributed by atoms with Crippen LogP contribution in [0.1, 0.15) is 19.0 Å². The van der Waals surface area contributed by atoms with Gasteiger partial charge in [-0.15, -0.1) is 0 Å². The molecule has 0 saturated carbocycles. The Bertz CT molecular complexity index is 410. The first-order valence-electron chi connectivity index (χ1n) is 4.70. The highest BCUT2D eigenvalue weighted by atomic mass is 16.7. The van der Waals surface area contributed by atoms with Crippen LogP contribution in [0.2, 0.25) is 0 Å². The molecule has 1 unspecified atom stereocenters. The van der Waals surface area contributed by atoms with Crippen LogP contribution < -0.4 is 0 Å². The lowest BCUT2D eigenvalue weighted by atomic mass is 10.1. The Kier molecular flexibility index (Phi) is 2.40. The Morgan fingerprint density at radius 2 is 2.60 bits per heavy atom. The largest absolute Gasteiger partial charge is 0.478 e. The summed E-state index contributed by atoms with van der Waals surface area (Å²) in [5.41, 5.74) is 1.46. The van der Waals surface area contributed by atoms with Crippen molar-refractivity contribution in [3.63, 3.8) is 0 Å². The number of aryl methyl sites for hydroxylation is 1. The Balaban J connectivity index is 2.17. The quantitative estimate of drug-likeness (QED) is 0.785. The Labute approximate surface area is 86.1 Å². The lowest BCUT2D eigenvalue weighted by Crippen LogP contribution is -2.20. The van der Waals surface area contributed by atoms with Gasteiger partial charge in [0.1, 0.15) is 5.71 Å². The molecule has 0 fully saturated rings. The first-order chi connectivity index (χ1) is 7.22. The van der Waals surface area contributed by atoms with E-state index in [-0.39, 0.29) is 0 Å². The predicted molar refractivity (Wildman–Crippen MR) is 51.6 cm³/mol. The number of carbonyl (C=O) groups is 1. The van der Waals surface area contributed by atoms with E-state index in [9.17, 15) is 4.79 Å². The summed E-state index contributed by atoms with van der Waals surface area (Å²) in [5.74, 6) is -0.990. The standard InChI is InChI=1S/C9H11N3O3/c1-2-12-7(3-4-10-12)6-5-8(9(13)14)15-11-6/h3-4,8H,2,5H2,1H3,(H,13,14). The van der Waals surface area contributed by atoms with Gasteiger partial charge in [-0.2, -0.15) is 5.10 Å². The van der Waals surface area contributed by atoms with E-state index in [1.165, 1.54) is 0 Å². The first-order valence-corrected chi connectivity index (χ1v) is 4.70. The van der Waals surface area contributed by atoms with Crippen LogP contribution in [0.25, 0.3) is 0 Å². The van der Waals surface area contributed by atoms with Crippen molar-refractivity contribution in [3.05, 3.63) is 18.0 Å². The molecule has 0 amide bonds. The third kappa shape index (κ3) is 1.70. The zero-order valence-electron chi connectivity index (χ0n) is 8.25. The maximum Gasteiger partial charge on any atom is 0.348 e. The van der Waals surface area contributed by atoms with Gasteiger partial charge in [0, 0.05) is 19.2 Å². The molecule has 6 nitrogen and oxygen atoms in total. The van der Waals surface area contributed by atoms with Crippen LogP contribution in [0.3, 0.4) is 0 Å². The molecule has 1 atom stereocenters. The maximum absolute atomic E-state index is 10.7. The van der Waals surface area contributed by atoms with Crippen molar-refractivity contribution in [2.75, 3.05) is 0 Å². The number of carboxylic acid groups (broad SMARTS) is 1. The summed E-state index contributed by atoms with van der Waals surface area (Å²) >= 11 is 0. The highest BCUT2D eigenvalue weighted by Crippen LogP contribution is 2.16. The minimum Gasteiger partial charge on any atom is -0.478 e. The van der Waals surface area contributed by atoms with Crippen LogP contribution in [0.4, 0.5) is 0 Å². The second-order valence-electron chi connectivity index (χ2n) is 3.21. The lowest BCUT2D eigenvalue weighted by Gasteiger charge is -2.02. The maximum atomic E-state index is 10.7. The van der Waals surface area contributed by atoms with E-state index in [1.807, 2.05) is 6.92 Å². The molecule has 0 radical (unpaired) electrons. The van der Waals surface area contributed by atoms with Gasteiger partial charge >= 0.3 is 5.97 Å². The minimum atomic E-state index is -0.990. The first kappa shape index (κ1) is 9.70. The van der Waals surface area contributed by atoms with Crippen LogP contribution in [0.5, 0.6) is 0 Å². The zero-order chi connectivity index (χ0) is 10.8. The number of aromatic nitrogens is 2. The van der Waals surface area contributed by atoms with Crippen LogP contribution >= 0.6 is 0 Å². The van der Waals surface area contributed by atoms with Gasteiger partial charge in [0.15, 0.2) is 0 Å². The number of hydrogen-bond acceptors (Lipinski definition) is 4. The fourth-order valence-electron chi connectivity index (χ4n) is 1.49. The van der Waals surface area contributed by atoms with E-state index in [1.54, 1.807) is 16.9 Å². The van der Waals surface area contributed by atoms with Gasteiger partial charge in [0.2, 0.25) is 6.10 Å². The molecule has 2 rings (SSSR count). The molecule has 1 aromatic heterocycles. The molecule has 0 aromatic carbocycles. The summed E-state index contributed by atoms with van der Waals surface area (Å²) in [6.07, 6.45) is 1.09. The smallest absolute Gasteiger partial charge is 0.348 e. The monoisotopic (exact) mass is 209 g/mol. The molecule has 0 aliphatic carbocycles. The normalized spacial score (nSPS) is 19.8. The zero-order valence-corrected chi connectivity index (χ0v) is 8.25. The van der Waals surface area contributed by atoms with E-state index in [0.29, 0.717) is 12.1 Å². The van der Waals surface area contributed by atoms with Crippen molar-refractivity contribution in [1.29, 1.82) is 0 Å². The SMILES string of the molecule is CCn1nccc1C1=NOC(C(=O)O)C1. The summed E-state index contributed by atoms with van der Waals surface area (Å²) in [6, 6.07) is 1.80. The van der Waals surface area contributed by atoms with Crippen molar-refractivity contribution in [3.8, 4) is 0 Å². The average Bonchev–Trinajstić information content (AvgIpc) is 2.85. The molecule has 80 valence electrons. The number of carboxylic acids is 1. The van der Waals surface area contributed by atoms with Gasteiger partial charge in [-0.3, -0.25) is 4.68 Å². The van der Waals surface area contributed by atoms with Gasteiger partial charge in [0.25, 0.3) is 0 Å². The van der Waals surface area contributed by atoms with Gasteiger partial charge in [-0.25, -0.2) is 4.79 Å². The summed E-state index contributed by atoms with van der Waals surface area (Å²) < 4.78 is 1.76. The Hall–Kier alpha value is -1.85. The van der Waals surface area contributed by atoms with E-state index < -0.39 is 12.1 Å². The summed E-state index contributed by atoms with van der Waals surface area (Å²) in [6.45, 7) is 2.68. The van der Waals surface area contributed by atoms with Crippen molar-refractivity contribution in [2.45, 2.75) is 26.0 Å². The van der Waals surface area contributed by atoms with Gasteiger partial charge in [0.05, 0.1) is 5.69 Å². The van der Waals surface area contributed by atoms with Crippen LogP contribution in [-0.2, 0) is 16.2 Å². The molecule has 1 N–H and O–H groups in total. The van der Waals surface area contributed by atoms with E-state index >= 15 is 0 Å². The van der Waals surface area contributed by atoms with Gasteiger partial charge < -0.3 is 9.94 Å². The number of hydrogen-bond donors (Lipinski definition) is 1. The summed E-state index contributed by atoms with van der Waals surface area (Å²) in [7, 11) is 0. The van der Waals surface area contributed by atoms with Crippen LogP contribution in [-0.4, -0.2) is 32.7 Å². The molecule has 0 saturated heterocycles. The topological polar surface area (TPSA) is 76.7 Å². The molecule has 0 spiro atoms. The third-order valence-electron chi connectivity index (χ3n) is 2.26. The molecule has 0 bridgehead atoms. The van der Waals surface area contributed by atoms with Gasteiger partial charge in [-0.1, -0.05) is 5.16 Å². The van der Waals surface area contributed by atoms with E-state index in [4.69, 9.17) is 9.94 Å². The van der Waals surface area contributed by atoms with E-state index in [2.05, 4.69) is 10.3 Å². The molecular weight excluding hydrogens is 198 g/mol. The molecule has 2 heterocycles. The summed E-state index contributed by atoms with van der Waals surface area (Å²) in [5, 5.41) is 16.6. The number of aliphatic carboxylic acids is 1. The molecular formula is C9H11N3O3.